The number of benzene rings is 1. The number of aryl methyl sites for hydroxylation is 1. The normalized spacial score (nSPS) is 15.8. The Labute approximate surface area is 166 Å². The van der Waals surface area contributed by atoms with Crippen molar-refractivity contribution in [3.63, 3.8) is 0 Å². The van der Waals surface area contributed by atoms with Crippen molar-refractivity contribution in [2.75, 3.05) is 6.54 Å². The van der Waals surface area contributed by atoms with Gasteiger partial charge >= 0.3 is 0 Å². The average Bonchev–Trinajstić information content (AvgIpc) is 3.11. The second-order valence-corrected chi connectivity index (χ2v) is 7.62. The Morgan fingerprint density at radius 2 is 1.86 bits per heavy atom. The van der Waals surface area contributed by atoms with Gasteiger partial charge in [0.1, 0.15) is 5.54 Å². The first-order valence-corrected chi connectivity index (χ1v) is 10.3. The summed E-state index contributed by atoms with van der Waals surface area (Å²) in [6, 6.07) is 11.5. The van der Waals surface area contributed by atoms with Crippen LogP contribution in [-0.2, 0) is 4.79 Å². The largest absolute Gasteiger partial charge is 0.354 e. The Kier molecular flexibility index (Phi) is 6.49. The van der Waals surface area contributed by atoms with Crippen molar-refractivity contribution < 1.29 is 9.59 Å². The standard InChI is InChI=1S/C22H30N4O2/c1-3-4-15-23-21(28)22(13-9-6-10-14-22)24-20(27)19-16-17(2)26(25-19)18-11-7-5-8-12-18/h5,7-8,11-12,16H,3-4,6,9-10,13-15H2,1-2H3,(H,23,28)(H,24,27). The maximum atomic E-state index is 13.0. The fraction of sp³-hybridized carbons (Fsp3) is 0.500. The van der Waals surface area contributed by atoms with Gasteiger partial charge in [0.2, 0.25) is 5.91 Å². The first-order chi connectivity index (χ1) is 13.6. The minimum atomic E-state index is -0.826. The van der Waals surface area contributed by atoms with E-state index in [1.807, 2.05) is 37.3 Å². The van der Waals surface area contributed by atoms with Crippen molar-refractivity contribution in [2.45, 2.75) is 64.3 Å². The molecule has 6 nitrogen and oxygen atoms in total. The van der Waals surface area contributed by atoms with Crippen molar-refractivity contribution in [3.05, 3.63) is 47.8 Å². The van der Waals surface area contributed by atoms with Gasteiger partial charge in [-0.3, -0.25) is 9.59 Å². The Bertz CT molecular complexity index is 807. The van der Waals surface area contributed by atoms with Crippen molar-refractivity contribution >= 4 is 11.8 Å². The molecule has 1 aromatic carbocycles. The van der Waals surface area contributed by atoms with E-state index in [2.05, 4.69) is 22.7 Å². The predicted octanol–water partition coefficient (Wildman–Crippen LogP) is 3.53. The molecule has 1 heterocycles. The van der Waals surface area contributed by atoms with E-state index in [9.17, 15) is 9.59 Å². The molecule has 0 radical (unpaired) electrons. The fourth-order valence-electron chi connectivity index (χ4n) is 3.81. The molecule has 1 saturated carbocycles. The highest BCUT2D eigenvalue weighted by Crippen LogP contribution is 2.29. The van der Waals surface area contributed by atoms with Crippen molar-refractivity contribution in [2.24, 2.45) is 0 Å². The number of hydrogen-bond donors (Lipinski definition) is 2. The van der Waals surface area contributed by atoms with Crippen LogP contribution < -0.4 is 10.6 Å². The monoisotopic (exact) mass is 382 g/mol. The quantitative estimate of drug-likeness (QED) is 0.719. The minimum Gasteiger partial charge on any atom is -0.354 e. The molecule has 2 amide bonds. The summed E-state index contributed by atoms with van der Waals surface area (Å²) in [5, 5.41) is 10.5. The molecule has 150 valence electrons. The van der Waals surface area contributed by atoms with Crippen molar-refractivity contribution in [1.82, 2.24) is 20.4 Å². The molecule has 0 atom stereocenters. The van der Waals surface area contributed by atoms with E-state index in [4.69, 9.17) is 0 Å². The van der Waals surface area contributed by atoms with Gasteiger partial charge in [-0.15, -0.1) is 0 Å². The summed E-state index contributed by atoms with van der Waals surface area (Å²) in [6.45, 7) is 4.66. The molecule has 1 aliphatic carbocycles. The molecule has 0 spiro atoms. The summed E-state index contributed by atoms with van der Waals surface area (Å²) in [5.74, 6) is -0.349. The number of rotatable bonds is 7. The topological polar surface area (TPSA) is 76.0 Å². The lowest BCUT2D eigenvalue weighted by molar-refractivity contribution is -0.128. The molecule has 6 heteroatoms. The minimum absolute atomic E-state index is 0.0618. The smallest absolute Gasteiger partial charge is 0.272 e. The van der Waals surface area contributed by atoms with Crippen LogP contribution in [0.3, 0.4) is 0 Å². The predicted molar refractivity (Wildman–Crippen MR) is 110 cm³/mol. The molecule has 1 aliphatic rings. The summed E-state index contributed by atoms with van der Waals surface area (Å²) < 4.78 is 1.75. The Balaban J connectivity index is 1.78. The number of nitrogens with zero attached hydrogens (tertiary/aromatic N) is 2. The van der Waals surface area contributed by atoms with Crippen LogP contribution in [0.15, 0.2) is 36.4 Å². The summed E-state index contributed by atoms with van der Waals surface area (Å²) in [4.78, 5) is 25.9. The van der Waals surface area contributed by atoms with Gasteiger partial charge in [-0.25, -0.2) is 4.68 Å². The number of aromatic nitrogens is 2. The second kappa shape index (κ2) is 9.04. The average molecular weight is 383 g/mol. The number of amides is 2. The Morgan fingerprint density at radius 1 is 1.14 bits per heavy atom. The summed E-state index contributed by atoms with van der Waals surface area (Å²) in [5.41, 5.74) is 1.30. The maximum Gasteiger partial charge on any atom is 0.272 e. The van der Waals surface area contributed by atoms with Gasteiger partial charge in [-0.1, -0.05) is 50.8 Å². The number of unbranched alkanes of at least 4 members (excludes halogenated alkanes) is 1. The molecule has 0 aliphatic heterocycles. The van der Waals surface area contributed by atoms with Crippen molar-refractivity contribution in [1.29, 1.82) is 0 Å². The van der Waals surface area contributed by atoms with E-state index < -0.39 is 5.54 Å². The third-order valence-corrected chi connectivity index (χ3v) is 5.43. The number of carbonyl (C=O) groups is 2. The fourth-order valence-corrected chi connectivity index (χ4v) is 3.81. The molecular weight excluding hydrogens is 352 g/mol. The number of nitrogens with one attached hydrogen (secondary N) is 2. The molecular formula is C22H30N4O2. The number of carbonyl (C=O) groups excluding carboxylic acids is 2. The highest BCUT2D eigenvalue weighted by atomic mass is 16.2. The zero-order valence-electron chi connectivity index (χ0n) is 16.8. The zero-order chi connectivity index (χ0) is 20.0. The first-order valence-electron chi connectivity index (χ1n) is 10.3. The maximum absolute atomic E-state index is 13.0. The molecule has 2 N–H and O–H groups in total. The van der Waals surface area contributed by atoms with Gasteiger partial charge in [-0.05, 0) is 44.4 Å². The summed E-state index contributed by atoms with van der Waals surface area (Å²) in [7, 11) is 0. The zero-order valence-corrected chi connectivity index (χ0v) is 16.8. The number of para-hydroxylation sites is 1. The molecule has 2 aromatic rings. The van der Waals surface area contributed by atoms with Gasteiger partial charge in [-0.2, -0.15) is 5.10 Å². The van der Waals surface area contributed by atoms with Crippen LogP contribution in [0.1, 0.15) is 68.1 Å². The van der Waals surface area contributed by atoms with E-state index in [1.54, 1.807) is 10.7 Å². The van der Waals surface area contributed by atoms with Crippen LogP contribution in [-0.4, -0.2) is 33.7 Å². The second-order valence-electron chi connectivity index (χ2n) is 7.62. The third kappa shape index (κ3) is 4.43. The highest BCUT2D eigenvalue weighted by molar-refractivity contribution is 5.98. The SMILES string of the molecule is CCCCNC(=O)C1(NC(=O)c2cc(C)n(-c3ccccc3)n2)CCCCC1. The van der Waals surface area contributed by atoms with Crippen LogP contribution in [0.2, 0.25) is 0 Å². The van der Waals surface area contributed by atoms with E-state index in [0.717, 1.165) is 43.5 Å². The first kappa shape index (κ1) is 20.1. The lowest BCUT2D eigenvalue weighted by Gasteiger charge is -2.36. The van der Waals surface area contributed by atoms with E-state index in [-0.39, 0.29) is 11.8 Å². The Hall–Kier alpha value is -2.63. The third-order valence-electron chi connectivity index (χ3n) is 5.43. The van der Waals surface area contributed by atoms with E-state index in [1.165, 1.54) is 0 Å². The van der Waals surface area contributed by atoms with Gasteiger partial charge in [0.05, 0.1) is 5.69 Å². The Morgan fingerprint density at radius 3 is 2.54 bits per heavy atom. The highest BCUT2D eigenvalue weighted by Gasteiger charge is 2.41. The van der Waals surface area contributed by atoms with Gasteiger partial charge in [0, 0.05) is 12.2 Å². The van der Waals surface area contributed by atoms with Gasteiger partial charge < -0.3 is 10.6 Å². The van der Waals surface area contributed by atoms with Gasteiger partial charge in [0.15, 0.2) is 5.69 Å². The molecule has 28 heavy (non-hydrogen) atoms. The van der Waals surface area contributed by atoms with E-state index in [0.29, 0.717) is 25.1 Å². The molecule has 0 bridgehead atoms. The summed E-state index contributed by atoms with van der Waals surface area (Å²) >= 11 is 0. The molecule has 0 saturated heterocycles. The van der Waals surface area contributed by atoms with E-state index >= 15 is 0 Å². The number of hydrogen-bond acceptors (Lipinski definition) is 3. The summed E-state index contributed by atoms with van der Waals surface area (Å²) in [6.07, 6.45) is 6.30. The van der Waals surface area contributed by atoms with Crippen LogP contribution in [0.25, 0.3) is 5.69 Å². The molecule has 1 fully saturated rings. The molecule has 3 rings (SSSR count). The molecule has 0 unspecified atom stereocenters. The lowest BCUT2D eigenvalue weighted by atomic mass is 9.80. The van der Waals surface area contributed by atoms with Crippen LogP contribution in [0.4, 0.5) is 0 Å². The van der Waals surface area contributed by atoms with Crippen LogP contribution >= 0.6 is 0 Å². The van der Waals surface area contributed by atoms with Crippen molar-refractivity contribution in [3.8, 4) is 5.69 Å². The lowest BCUT2D eigenvalue weighted by Crippen LogP contribution is -2.59. The molecule has 1 aromatic heterocycles. The van der Waals surface area contributed by atoms with Crippen LogP contribution in [0, 0.1) is 6.92 Å². The van der Waals surface area contributed by atoms with Crippen LogP contribution in [0.5, 0.6) is 0 Å². The van der Waals surface area contributed by atoms with Gasteiger partial charge in [0.25, 0.3) is 5.91 Å².